The summed E-state index contributed by atoms with van der Waals surface area (Å²) in [6.45, 7) is 2.66. The summed E-state index contributed by atoms with van der Waals surface area (Å²) >= 11 is 5.67. The molecule has 0 bridgehead atoms. The highest BCUT2D eigenvalue weighted by Crippen LogP contribution is 2.15. The van der Waals surface area contributed by atoms with Crippen LogP contribution in [0.15, 0.2) is 4.99 Å². The van der Waals surface area contributed by atoms with Gasteiger partial charge in [-0.15, -0.1) is 0 Å². The van der Waals surface area contributed by atoms with Gasteiger partial charge in [0, 0.05) is 12.5 Å². The maximum atomic E-state index is 7.63. The molecule has 1 unspecified atom stereocenters. The molecular formula is C8H12ClN3. The Morgan fingerprint density at radius 2 is 2.25 bits per heavy atom. The van der Waals surface area contributed by atoms with Crippen molar-refractivity contribution in [2.45, 2.75) is 19.8 Å². The molecule has 1 heterocycles. The van der Waals surface area contributed by atoms with Gasteiger partial charge in [0.2, 0.25) is 0 Å². The van der Waals surface area contributed by atoms with E-state index in [1.54, 1.807) is 0 Å². The van der Waals surface area contributed by atoms with Crippen molar-refractivity contribution in [3.05, 3.63) is 0 Å². The van der Waals surface area contributed by atoms with Crippen molar-refractivity contribution in [1.82, 2.24) is 0 Å². The molecule has 0 fully saturated rings. The lowest BCUT2D eigenvalue weighted by Crippen LogP contribution is -2.24. The zero-order valence-corrected chi connectivity index (χ0v) is 7.78. The highest BCUT2D eigenvalue weighted by molar-refractivity contribution is 6.92. The van der Waals surface area contributed by atoms with E-state index in [1.807, 2.05) is 6.92 Å². The maximum Gasteiger partial charge on any atom is 0.150 e. The highest BCUT2D eigenvalue weighted by Gasteiger charge is 2.21. The van der Waals surface area contributed by atoms with E-state index in [-0.39, 0.29) is 16.8 Å². The van der Waals surface area contributed by atoms with Gasteiger partial charge in [0.1, 0.15) is 5.71 Å². The molecule has 0 amide bonds. The van der Waals surface area contributed by atoms with Crippen LogP contribution in [-0.2, 0) is 0 Å². The number of hydrogen-bond acceptors (Lipinski definition) is 3. The summed E-state index contributed by atoms with van der Waals surface area (Å²) in [6.07, 6.45) is 1.73. The SMILES string of the molecule is CCC1CCN=C(Cl)C(=N)C1=N. The largest absolute Gasteiger partial charge is 0.303 e. The van der Waals surface area contributed by atoms with E-state index in [0.717, 1.165) is 12.8 Å². The molecule has 2 N–H and O–H groups in total. The van der Waals surface area contributed by atoms with E-state index < -0.39 is 0 Å². The molecule has 1 rings (SSSR count). The van der Waals surface area contributed by atoms with E-state index in [0.29, 0.717) is 12.3 Å². The Labute approximate surface area is 76.9 Å². The first-order valence-corrected chi connectivity index (χ1v) is 4.42. The van der Waals surface area contributed by atoms with E-state index in [9.17, 15) is 0 Å². The summed E-state index contributed by atoms with van der Waals surface area (Å²) in [6, 6.07) is 0. The van der Waals surface area contributed by atoms with Crippen molar-refractivity contribution in [3.63, 3.8) is 0 Å². The molecule has 0 saturated carbocycles. The third-order valence-electron chi connectivity index (χ3n) is 2.10. The maximum absolute atomic E-state index is 7.63. The average molecular weight is 186 g/mol. The minimum atomic E-state index is 0.0982. The van der Waals surface area contributed by atoms with Crippen LogP contribution in [0, 0.1) is 16.7 Å². The molecule has 1 aliphatic heterocycles. The van der Waals surface area contributed by atoms with Crippen molar-refractivity contribution in [2.75, 3.05) is 6.54 Å². The minimum Gasteiger partial charge on any atom is -0.303 e. The lowest BCUT2D eigenvalue weighted by atomic mass is 9.95. The van der Waals surface area contributed by atoms with Crippen molar-refractivity contribution in [1.29, 1.82) is 10.8 Å². The minimum absolute atomic E-state index is 0.0982. The second-order valence-corrected chi connectivity index (χ2v) is 3.21. The van der Waals surface area contributed by atoms with Crippen molar-refractivity contribution < 1.29 is 0 Å². The fourth-order valence-corrected chi connectivity index (χ4v) is 1.45. The monoisotopic (exact) mass is 185 g/mol. The zero-order valence-electron chi connectivity index (χ0n) is 7.02. The van der Waals surface area contributed by atoms with Crippen LogP contribution in [0.1, 0.15) is 19.8 Å². The molecule has 66 valence electrons. The molecule has 4 heteroatoms. The summed E-state index contributed by atoms with van der Waals surface area (Å²) in [5.41, 5.74) is 0.435. The van der Waals surface area contributed by atoms with Gasteiger partial charge in [0.25, 0.3) is 0 Å². The van der Waals surface area contributed by atoms with E-state index >= 15 is 0 Å². The molecule has 0 saturated heterocycles. The molecule has 1 atom stereocenters. The van der Waals surface area contributed by atoms with Gasteiger partial charge in [0.05, 0.1) is 5.71 Å². The molecule has 1 aliphatic rings. The molecule has 0 aromatic carbocycles. The number of aliphatic imine (C=N–C) groups is 1. The molecule has 0 aromatic rings. The molecule has 12 heavy (non-hydrogen) atoms. The highest BCUT2D eigenvalue weighted by atomic mass is 35.5. The Kier molecular flexibility index (Phi) is 2.98. The zero-order chi connectivity index (χ0) is 9.14. The summed E-state index contributed by atoms with van der Waals surface area (Å²) in [5.74, 6) is 0.164. The van der Waals surface area contributed by atoms with Crippen molar-refractivity contribution in [2.24, 2.45) is 10.9 Å². The molecule has 0 aliphatic carbocycles. The molecule has 0 aromatic heterocycles. The summed E-state index contributed by atoms with van der Waals surface area (Å²) < 4.78 is 0. The number of hydrogen-bond donors (Lipinski definition) is 2. The van der Waals surface area contributed by atoms with Gasteiger partial charge < -0.3 is 5.41 Å². The molecular weight excluding hydrogens is 174 g/mol. The number of rotatable bonds is 1. The van der Waals surface area contributed by atoms with Crippen LogP contribution in [0.2, 0.25) is 0 Å². The molecule has 3 nitrogen and oxygen atoms in total. The van der Waals surface area contributed by atoms with Gasteiger partial charge in [-0.25, -0.2) is 0 Å². The van der Waals surface area contributed by atoms with Gasteiger partial charge in [-0.1, -0.05) is 18.5 Å². The van der Waals surface area contributed by atoms with Crippen LogP contribution in [0.4, 0.5) is 0 Å². The van der Waals surface area contributed by atoms with E-state index in [4.69, 9.17) is 22.4 Å². The van der Waals surface area contributed by atoms with Crippen LogP contribution < -0.4 is 0 Å². The average Bonchev–Trinajstić information content (AvgIpc) is 2.19. The first-order chi connectivity index (χ1) is 5.66. The van der Waals surface area contributed by atoms with E-state index in [2.05, 4.69) is 4.99 Å². The van der Waals surface area contributed by atoms with Gasteiger partial charge in [-0.05, 0) is 12.8 Å². The van der Waals surface area contributed by atoms with E-state index in [1.165, 1.54) is 0 Å². The lowest BCUT2D eigenvalue weighted by Gasteiger charge is -2.11. The smallest absolute Gasteiger partial charge is 0.150 e. The summed E-state index contributed by atoms with van der Waals surface area (Å²) in [4.78, 5) is 3.97. The van der Waals surface area contributed by atoms with Gasteiger partial charge >= 0.3 is 0 Å². The van der Waals surface area contributed by atoms with Crippen LogP contribution in [0.3, 0.4) is 0 Å². The second-order valence-electron chi connectivity index (χ2n) is 2.86. The second kappa shape index (κ2) is 3.81. The third kappa shape index (κ3) is 1.72. The predicted octanol–water partition coefficient (Wildman–Crippen LogP) is 2.09. The first kappa shape index (κ1) is 9.39. The third-order valence-corrected chi connectivity index (χ3v) is 2.41. The number of halogens is 1. The topological polar surface area (TPSA) is 60.1 Å². The normalized spacial score (nSPS) is 25.2. The Balaban J connectivity index is 2.84. The van der Waals surface area contributed by atoms with Gasteiger partial charge in [0.15, 0.2) is 5.17 Å². The summed E-state index contributed by atoms with van der Waals surface area (Å²) in [5, 5.41) is 15.3. The standard InChI is InChI=1S/C8H12ClN3/c1-2-5-3-4-12-8(9)7(11)6(5)10/h5,10-11H,2-4H2,1H3. The Hall–Kier alpha value is -0.700. The quantitative estimate of drug-likeness (QED) is 0.629. The fraction of sp³-hybridized carbons (Fsp3) is 0.625. The Morgan fingerprint density at radius 3 is 2.83 bits per heavy atom. The van der Waals surface area contributed by atoms with Gasteiger partial charge in [-0.2, -0.15) is 0 Å². The van der Waals surface area contributed by atoms with Crippen LogP contribution in [-0.4, -0.2) is 23.1 Å². The number of nitrogens with one attached hydrogen (secondary N) is 2. The predicted molar refractivity (Wildman–Crippen MR) is 52.0 cm³/mol. The van der Waals surface area contributed by atoms with Crippen LogP contribution in [0.5, 0.6) is 0 Å². The Bertz CT molecular complexity index is 245. The van der Waals surface area contributed by atoms with Crippen molar-refractivity contribution >= 4 is 28.2 Å². The molecule has 0 radical (unpaired) electrons. The van der Waals surface area contributed by atoms with Crippen LogP contribution in [0.25, 0.3) is 0 Å². The van der Waals surface area contributed by atoms with Gasteiger partial charge in [-0.3, -0.25) is 10.4 Å². The molecule has 0 spiro atoms. The lowest BCUT2D eigenvalue weighted by molar-refractivity contribution is 0.620. The summed E-state index contributed by atoms with van der Waals surface area (Å²) in [7, 11) is 0. The fourth-order valence-electron chi connectivity index (χ4n) is 1.27. The van der Waals surface area contributed by atoms with Crippen LogP contribution >= 0.6 is 11.6 Å². The van der Waals surface area contributed by atoms with Crippen molar-refractivity contribution in [3.8, 4) is 0 Å². The Morgan fingerprint density at radius 1 is 1.58 bits per heavy atom. The number of nitrogens with zero attached hydrogens (tertiary/aromatic N) is 1. The first-order valence-electron chi connectivity index (χ1n) is 4.04.